The summed E-state index contributed by atoms with van der Waals surface area (Å²) in [6.07, 6.45) is 0.549. The first kappa shape index (κ1) is 24.6. The molecule has 0 amide bonds. The summed E-state index contributed by atoms with van der Waals surface area (Å²) in [6, 6.07) is 6.67. The molecule has 5 nitrogen and oxygen atoms in total. The number of hydrogen-bond acceptors (Lipinski definition) is 4. The number of rotatable bonds is 0. The molecule has 0 aliphatic carbocycles. The molecule has 0 spiro atoms. The Labute approximate surface area is 129 Å². The van der Waals surface area contributed by atoms with Crippen LogP contribution < -0.4 is 5.32 Å². The minimum Gasteiger partial charge on any atom is -0.508 e. The summed E-state index contributed by atoms with van der Waals surface area (Å²) >= 11 is 4.02. The van der Waals surface area contributed by atoms with Gasteiger partial charge < -0.3 is 26.1 Å². The van der Waals surface area contributed by atoms with Crippen molar-refractivity contribution >= 4 is 22.5 Å². The van der Waals surface area contributed by atoms with Gasteiger partial charge in [-0.1, -0.05) is 13.8 Å². The first-order valence-electron chi connectivity index (χ1n) is 5.97. The highest BCUT2D eigenvalue weighted by molar-refractivity contribution is 7.80. The van der Waals surface area contributed by atoms with E-state index in [0.717, 1.165) is 18.0 Å². The van der Waals surface area contributed by atoms with Gasteiger partial charge in [0.1, 0.15) is 17.5 Å². The highest BCUT2D eigenvalue weighted by atomic mass is 32.1. The molecule has 120 valence electrons. The Hall–Kier alpha value is -0.360. The topological polar surface area (TPSA) is 108 Å². The lowest BCUT2D eigenvalue weighted by molar-refractivity contribution is 0.276. The van der Waals surface area contributed by atoms with E-state index in [-0.39, 0.29) is 32.2 Å². The molecule has 2 heterocycles. The largest absolute Gasteiger partial charge is 0.508 e. The molecule has 7 heteroatoms. The highest BCUT2D eigenvalue weighted by Crippen LogP contribution is 2.38. The van der Waals surface area contributed by atoms with Crippen LogP contribution in [-0.4, -0.2) is 40.9 Å². The van der Waals surface area contributed by atoms with Gasteiger partial charge in [0.05, 0.1) is 0 Å². The Bertz CT molecular complexity index is 330. The molecule has 0 radical (unpaired) electrons. The van der Waals surface area contributed by atoms with E-state index in [2.05, 4.69) is 24.9 Å². The van der Waals surface area contributed by atoms with Gasteiger partial charge in [-0.15, -0.1) is 12.6 Å². The monoisotopic (exact) mass is 325 g/mol. The minimum absolute atomic E-state index is 0. The fourth-order valence-corrected chi connectivity index (χ4v) is 1.76. The van der Waals surface area contributed by atoms with Gasteiger partial charge in [0.15, 0.2) is 0 Å². The Morgan fingerprint density at radius 2 is 1.75 bits per heavy atom. The van der Waals surface area contributed by atoms with Crippen LogP contribution >= 0.6 is 22.5 Å². The molecule has 0 bridgehead atoms. The van der Waals surface area contributed by atoms with Crippen molar-refractivity contribution in [2.45, 2.75) is 37.4 Å². The van der Waals surface area contributed by atoms with E-state index in [0.29, 0.717) is 6.10 Å². The molecule has 0 saturated carbocycles. The summed E-state index contributed by atoms with van der Waals surface area (Å²) in [5, 5.41) is 12.0. The van der Waals surface area contributed by atoms with Crippen molar-refractivity contribution in [2.24, 2.45) is 0 Å². The van der Waals surface area contributed by atoms with E-state index in [9.17, 15) is 0 Å². The van der Waals surface area contributed by atoms with Gasteiger partial charge in [0.2, 0.25) is 0 Å². The third-order valence-corrected chi connectivity index (χ3v) is 2.99. The zero-order valence-corrected chi connectivity index (χ0v) is 14.6. The van der Waals surface area contributed by atoms with Gasteiger partial charge in [-0.25, -0.2) is 0 Å². The molecule has 20 heavy (non-hydrogen) atoms. The Morgan fingerprint density at radius 1 is 1.25 bits per heavy atom. The first-order chi connectivity index (χ1) is 8.10. The quantitative estimate of drug-likeness (QED) is 0.374. The van der Waals surface area contributed by atoms with Crippen LogP contribution in [0.5, 0.6) is 5.75 Å². The number of nitrogens with one attached hydrogen (secondary N) is 1. The van der Waals surface area contributed by atoms with Crippen molar-refractivity contribution in [3.63, 3.8) is 0 Å². The number of fused-ring (bicyclic) bond motifs is 1. The number of thiol groups is 1. The molecule has 2 aliphatic heterocycles. The Morgan fingerprint density at radius 3 is 1.95 bits per heavy atom. The van der Waals surface area contributed by atoms with E-state index in [4.69, 9.17) is 9.84 Å². The molecule has 3 unspecified atom stereocenters. The first-order valence-corrected chi connectivity index (χ1v) is 6.41. The van der Waals surface area contributed by atoms with Crippen LogP contribution in [0.4, 0.5) is 0 Å². The fourth-order valence-electron chi connectivity index (χ4n) is 1.61. The predicted molar refractivity (Wildman–Crippen MR) is 91.2 cm³/mol. The summed E-state index contributed by atoms with van der Waals surface area (Å²) in [5.74, 6) is 0.280. The lowest BCUT2D eigenvalue weighted by Crippen LogP contribution is -2.18. The van der Waals surface area contributed by atoms with Gasteiger partial charge in [-0.2, -0.15) is 9.90 Å². The minimum atomic E-state index is 0. The maximum Gasteiger partial charge on any atom is 0.115 e. The Balaban J connectivity index is -0.000000227. The van der Waals surface area contributed by atoms with Crippen LogP contribution in [0.25, 0.3) is 0 Å². The smallest absolute Gasteiger partial charge is 0.115 e. The van der Waals surface area contributed by atoms with Crippen LogP contribution in [0.1, 0.15) is 20.8 Å². The molecule has 6 N–H and O–H groups in total. The van der Waals surface area contributed by atoms with Gasteiger partial charge in [-0.05, 0) is 31.2 Å². The van der Waals surface area contributed by atoms with Gasteiger partial charge in [0.25, 0.3) is 0 Å². The molecule has 1 aromatic rings. The Kier molecular flexibility index (Phi) is 13.9. The van der Waals surface area contributed by atoms with Crippen molar-refractivity contribution in [3.05, 3.63) is 24.3 Å². The lowest BCUT2D eigenvalue weighted by Gasteiger charge is -1.95. The molecule has 2 saturated heterocycles. The molecule has 3 rings (SSSR count). The van der Waals surface area contributed by atoms with Crippen LogP contribution in [-0.2, 0) is 4.74 Å². The SMILES string of the molecule is CC.CC12CNCC1O2.O.O.Oc1ccc(S)cc1.P. The van der Waals surface area contributed by atoms with Gasteiger partial charge in [-0.3, -0.25) is 0 Å². The van der Waals surface area contributed by atoms with Gasteiger partial charge in [0, 0.05) is 18.0 Å². The number of aromatic hydroxyl groups is 1. The van der Waals surface area contributed by atoms with E-state index in [1.807, 2.05) is 13.8 Å². The van der Waals surface area contributed by atoms with Crippen molar-refractivity contribution < 1.29 is 20.8 Å². The number of hydrogen-bond donors (Lipinski definition) is 3. The number of morpholine rings is 1. The number of ether oxygens (including phenoxy) is 1. The maximum absolute atomic E-state index is 8.72. The average Bonchev–Trinajstić information content (AvgIpc) is 2.85. The van der Waals surface area contributed by atoms with E-state index in [1.54, 1.807) is 24.3 Å². The third kappa shape index (κ3) is 7.43. The van der Waals surface area contributed by atoms with E-state index in [1.165, 1.54) is 0 Å². The average molecular weight is 325 g/mol. The lowest BCUT2D eigenvalue weighted by atomic mass is 10.2. The van der Waals surface area contributed by atoms with Crippen molar-refractivity contribution in [1.82, 2.24) is 5.32 Å². The van der Waals surface area contributed by atoms with Crippen LogP contribution in [0, 0.1) is 0 Å². The van der Waals surface area contributed by atoms with Crippen LogP contribution in [0.2, 0.25) is 0 Å². The summed E-state index contributed by atoms with van der Waals surface area (Å²) < 4.78 is 5.28. The molecule has 2 fully saturated rings. The zero-order valence-electron chi connectivity index (χ0n) is 12.3. The van der Waals surface area contributed by atoms with Crippen LogP contribution in [0.15, 0.2) is 29.2 Å². The maximum atomic E-state index is 8.72. The third-order valence-electron chi connectivity index (χ3n) is 2.69. The number of benzene rings is 1. The second-order valence-corrected chi connectivity index (χ2v) is 4.58. The van der Waals surface area contributed by atoms with Gasteiger partial charge >= 0.3 is 0 Å². The number of epoxide rings is 1. The molecular formula is C13H28NO4PS. The molecule has 2 aliphatic rings. The second kappa shape index (κ2) is 11.3. The number of phenolic OH excluding ortho intramolecular Hbond substituents is 1. The van der Waals surface area contributed by atoms with Crippen molar-refractivity contribution in [3.8, 4) is 5.75 Å². The summed E-state index contributed by atoms with van der Waals surface area (Å²) in [4.78, 5) is 0.864. The summed E-state index contributed by atoms with van der Waals surface area (Å²) in [6.45, 7) is 8.27. The summed E-state index contributed by atoms with van der Waals surface area (Å²) in [5.41, 5.74) is 0.250. The van der Waals surface area contributed by atoms with Crippen molar-refractivity contribution in [2.75, 3.05) is 13.1 Å². The predicted octanol–water partition coefficient (Wildman–Crippen LogP) is 0.863. The molecular weight excluding hydrogens is 297 g/mol. The molecule has 3 atom stereocenters. The molecule has 0 aromatic heterocycles. The summed E-state index contributed by atoms with van der Waals surface area (Å²) in [7, 11) is 0. The number of phenols is 1. The zero-order chi connectivity index (χ0) is 12.9. The van der Waals surface area contributed by atoms with E-state index < -0.39 is 0 Å². The van der Waals surface area contributed by atoms with Crippen molar-refractivity contribution in [1.29, 1.82) is 0 Å². The highest BCUT2D eigenvalue weighted by Gasteiger charge is 2.55. The van der Waals surface area contributed by atoms with E-state index >= 15 is 0 Å². The fraction of sp³-hybridized carbons (Fsp3) is 0.538. The normalized spacial score (nSPS) is 23.9. The second-order valence-electron chi connectivity index (χ2n) is 4.07. The van der Waals surface area contributed by atoms with Crippen LogP contribution in [0.3, 0.4) is 0 Å². The standard InChI is InChI=1S/C6H6OS.C5H9NO.C2H6.2H2O.H3P/c7-5-1-3-6(8)4-2-5;1-5-3-6-2-4(5)7-5;1-2;;;/h1-4,7-8H;4,6H,2-3H2,1H3;1-2H3;2*1H2;1H3. The molecule has 1 aromatic carbocycles.